The minimum Gasteiger partial charge on any atom is -0.497 e. The van der Waals surface area contributed by atoms with Crippen molar-refractivity contribution in [3.05, 3.63) is 90.0 Å². The van der Waals surface area contributed by atoms with Crippen molar-refractivity contribution >= 4 is 27.5 Å². The van der Waals surface area contributed by atoms with Gasteiger partial charge in [0, 0.05) is 12.6 Å². The van der Waals surface area contributed by atoms with Crippen LogP contribution >= 0.6 is 0 Å². The number of hydrogen-bond acceptors (Lipinski definition) is 5. The number of carbonyl (C=O) groups excluding carboxylic acids is 2. The summed E-state index contributed by atoms with van der Waals surface area (Å²) < 4.78 is 34.0. The minimum atomic E-state index is -4.13. The fourth-order valence-corrected chi connectivity index (χ4v) is 5.36. The molecule has 0 spiro atoms. The van der Waals surface area contributed by atoms with E-state index in [1.54, 1.807) is 43.3 Å². The lowest BCUT2D eigenvalue weighted by molar-refractivity contribution is -0.139. The Balaban J connectivity index is 2.00. The molecule has 2 atom stereocenters. The molecule has 0 heterocycles. The van der Waals surface area contributed by atoms with Crippen molar-refractivity contribution in [3.63, 3.8) is 0 Å². The number of amides is 2. The first-order chi connectivity index (χ1) is 18.6. The third-order valence-corrected chi connectivity index (χ3v) is 8.40. The van der Waals surface area contributed by atoms with E-state index in [2.05, 4.69) is 5.32 Å². The van der Waals surface area contributed by atoms with E-state index in [1.165, 1.54) is 24.1 Å². The van der Waals surface area contributed by atoms with Crippen LogP contribution in [0.3, 0.4) is 0 Å². The van der Waals surface area contributed by atoms with Crippen LogP contribution in [0.5, 0.6) is 5.75 Å². The number of nitrogens with zero attached hydrogens (tertiary/aromatic N) is 2. The molecule has 3 rings (SSSR count). The Kier molecular flexibility index (Phi) is 10.1. The van der Waals surface area contributed by atoms with Gasteiger partial charge in [-0.15, -0.1) is 0 Å². The Bertz CT molecular complexity index is 1340. The standard InChI is InChI=1S/C30H37N3O5S/c1-6-23(3)31-30(35)24(4)32(20-25-10-8-7-9-11-25)29(34)21-33(26-14-12-22(2)13-15-26)39(36,37)28-18-16-27(38-5)17-19-28/h7-19,23-24H,6,20-21H2,1-5H3,(H,31,35). The molecule has 0 saturated heterocycles. The lowest BCUT2D eigenvalue weighted by atomic mass is 10.1. The molecule has 208 valence electrons. The predicted molar refractivity (Wildman–Crippen MR) is 153 cm³/mol. The molecular weight excluding hydrogens is 514 g/mol. The lowest BCUT2D eigenvalue weighted by Gasteiger charge is -2.32. The normalized spacial score (nSPS) is 12.7. The van der Waals surface area contributed by atoms with Gasteiger partial charge in [-0.25, -0.2) is 8.42 Å². The molecule has 9 heteroatoms. The van der Waals surface area contributed by atoms with Crippen molar-refractivity contribution in [2.75, 3.05) is 18.0 Å². The van der Waals surface area contributed by atoms with E-state index >= 15 is 0 Å². The first kappa shape index (κ1) is 29.7. The van der Waals surface area contributed by atoms with Crippen LogP contribution in [0.1, 0.15) is 38.3 Å². The summed E-state index contributed by atoms with van der Waals surface area (Å²) >= 11 is 0. The summed E-state index contributed by atoms with van der Waals surface area (Å²) in [5.74, 6) is -0.279. The Morgan fingerprint density at radius 3 is 2.10 bits per heavy atom. The number of sulfonamides is 1. The number of aryl methyl sites for hydroxylation is 1. The molecule has 3 aromatic rings. The third-order valence-electron chi connectivity index (χ3n) is 6.61. The zero-order valence-corrected chi connectivity index (χ0v) is 23.9. The lowest BCUT2D eigenvalue weighted by Crippen LogP contribution is -2.52. The van der Waals surface area contributed by atoms with Crippen molar-refractivity contribution in [1.29, 1.82) is 0 Å². The summed E-state index contributed by atoms with van der Waals surface area (Å²) in [7, 11) is -2.63. The fraction of sp³-hybridized carbons (Fsp3) is 0.333. The van der Waals surface area contributed by atoms with Crippen LogP contribution in [-0.4, -0.2) is 50.9 Å². The molecule has 0 aliphatic heterocycles. The number of nitrogens with one attached hydrogen (secondary N) is 1. The molecule has 0 bridgehead atoms. The highest BCUT2D eigenvalue weighted by atomic mass is 32.2. The average Bonchev–Trinajstić information content (AvgIpc) is 2.95. The van der Waals surface area contributed by atoms with Gasteiger partial charge in [0.25, 0.3) is 10.0 Å². The van der Waals surface area contributed by atoms with Crippen molar-refractivity contribution in [2.45, 2.75) is 57.6 Å². The Hall–Kier alpha value is -3.85. The topological polar surface area (TPSA) is 96.0 Å². The van der Waals surface area contributed by atoms with Gasteiger partial charge < -0.3 is 15.0 Å². The van der Waals surface area contributed by atoms with Gasteiger partial charge in [0.1, 0.15) is 18.3 Å². The van der Waals surface area contributed by atoms with Gasteiger partial charge >= 0.3 is 0 Å². The number of rotatable bonds is 12. The molecule has 2 unspecified atom stereocenters. The fourth-order valence-electron chi connectivity index (χ4n) is 3.94. The van der Waals surface area contributed by atoms with Gasteiger partial charge in [-0.1, -0.05) is 55.0 Å². The summed E-state index contributed by atoms with van der Waals surface area (Å²) in [4.78, 5) is 28.4. The van der Waals surface area contributed by atoms with Crippen LogP contribution < -0.4 is 14.4 Å². The smallest absolute Gasteiger partial charge is 0.264 e. The van der Waals surface area contributed by atoms with Crippen LogP contribution in [0.25, 0.3) is 0 Å². The predicted octanol–water partition coefficient (Wildman–Crippen LogP) is 4.53. The quantitative estimate of drug-likeness (QED) is 0.357. The Labute approximate surface area is 231 Å². The summed E-state index contributed by atoms with van der Waals surface area (Å²) in [6, 6.07) is 21.4. The average molecular weight is 552 g/mol. The maximum atomic E-state index is 13.9. The van der Waals surface area contributed by atoms with E-state index in [0.717, 1.165) is 21.9 Å². The highest BCUT2D eigenvalue weighted by Gasteiger charge is 2.32. The molecule has 0 fully saturated rings. The molecule has 8 nitrogen and oxygen atoms in total. The largest absolute Gasteiger partial charge is 0.497 e. The second kappa shape index (κ2) is 13.3. The van der Waals surface area contributed by atoms with E-state index < -0.39 is 28.5 Å². The maximum absolute atomic E-state index is 13.9. The van der Waals surface area contributed by atoms with E-state index in [-0.39, 0.29) is 23.4 Å². The summed E-state index contributed by atoms with van der Waals surface area (Å²) in [6.45, 7) is 7.09. The summed E-state index contributed by atoms with van der Waals surface area (Å²) in [5, 5.41) is 2.93. The number of ether oxygens (including phenoxy) is 1. The van der Waals surface area contributed by atoms with Crippen molar-refractivity contribution in [3.8, 4) is 5.75 Å². The van der Waals surface area contributed by atoms with E-state index in [1.807, 2.05) is 51.1 Å². The Morgan fingerprint density at radius 1 is 0.923 bits per heavy atom. The van der Waals surface area contributed by atoms with E-state index in [9.17, 15) is 18.0 Å². The molecule has 3 aromatic carbocycles. The van der Waals surface area contributed by atoms with Gasteiger partial charge in [-0.3, -0.25) is 13.9 Å². The number of carbonyl (C=O) groups is 2. The second-order valence-electron chi connectivity index (χ2n) is 9.52. The molecule has 39 heavy (non-hydrogen) atoms. The maximum Gasteiger partial charge on any atom is 0.264 e. The number of methoxy groups -OCH3 is 1. The summed E-state index contributed by atoms with van der Waals surface area (Å²) in [5.41, 5.74) is 2.13. The molecule has 0 aliphatic rings. The molecule has 1 N–H and O–H groups in total. The summed E-state index contributed by atoms with van der Waals surface area (Å²) in [6.07, 6.45) is 0.742. The Morgan fingerprint density at radius 2 is 1.54 bits per heavy atom. The van der Waals surface area contributed by atoms with Crippen molar-refractivity contribution in [2.24, 2.45) is 0 Å². The van der Waals surface area contributed by atoms with Crippen LogP contribution in [0.15, 0.2) is 83.8 Å². The van der Waals surface area contributed by atoms with Gasteiger partial charge in [0.2, 0.25) is 11.8 Å². The first-order valence-electron chi connectivity index (χ1n) is 12.9. The van der Waals surface area contributed by atoms with Gasteiger partial charge in [0.05, 0.1) is 17.7 Å². The van der Waals surface area contributed by atoms with Crippen LogP contribution in [0.4, 0.5) is 5.69 Å². The van der Waals surface area contributed by atoms with Crippen molar-refractivity contribution < 1.29 is 22.7 Å². The van der Waals surface area contributed by atoms with Crippen LogP contribution in [0.2, 0.25) is 0 Å². The van der Waals surface area contributed by atoms with Gasteiger partial charge in [0.15, 0.2) is 0 Å². The second-order valence-corrected chi connectivity index (χ2v) is 11.4. The van der Waals surface area contributed by atoms with Crippen molar-refractivity contribution in [1.82, 2.24) is 10.2 Å². The highest BCUT2D eigenvalue weighted by molar-refractivity contribution is 7.92. The SMILES string of the molecule is CCC(C)NC(=O)C(C)N(Cc1ccccc1)C(=O)CN(c1ccc(C)cc1)S(=O)(=O)c1ccc(OC)cc1. The number of anilines is 1. The number of hydrogen-bond donors (Lipinski definition) is 1. The molecule has 0 saturated carbocycles. The molecule has 0 aromatic heterocycles. The monoisotopic (exact) mass is 551 g/mol. The molecular formula is C30H37N3O5S. The minimum absolute atomic E-state index is 0.0221. The van der Waals surface area contributed by atoms with E-state index in [0.29, 0.717) is 11.4 Å². The zero-order valence-electron chi connectivity index (χ0n) is 23.1. The number of benzene rings is 3. The highest BCUT2D eigenvalue weighted by Crippen LogP contribution is 2.26. The van der Waals surface area contributed by atoms with E-state index in [4.69, 9.17) is 4.74 Å². The third kappa shape index (κ3) is 7.60. The zero-order chi connectivity index (χ0) is 28.6. The van der Waals surface area contributed by atoms with Gasteiger partial charge in [-0.05, 0) is 69.2 Å². The van der Waals surface area contributed by atoms with Crippen LogP contribution in [0, 0.1) is 6.92 Å². The molecule has 0 radical (unpaired) electrons. The van der Waals surface area contributed by atoms with Gasteiger partial charge in [-0.2, -0.15) is 0 Å². The molecule has 2 amide bonds. The van der Waals surface area contributed by atoms with Crippen LogP contribution in [-0.2, 0) is 26.2 Å². The first-order valence-corrected chi connectivity index (χ1v) is 14.4. The molecule has 0 aliphatic carbocycles.